The van der Waals surface area contributed by atoms with Crippen LogP contribution in [-0.4, -0.2) is 17.9 Å². The Morgan fingerprint density at radius 1 is 1.32 bits per heavy atom. The number of nitrogens with one attached hydrogen (secondary N) is 2. The monoisotopic (exact) mass is 342 g/mol. The van der Waals surface area contributed by atoms with Gasteiger partial charge in [-0.3, -0.25) is 9.59 Å². The molecule has 6 heteroatoms. The molecule has 0 saturated carbocycles. The van der Waals surface area contributed by atoms with Crippen molar-refractivity contribution in [3.8, 4) is 5.75 Å². The van der Waals surface area contributed by atoms with E-state index in [2.05, 4.69) is 10.6 Å². The molecule has 1 saturated heterocycles. The number of halogens is 1. The van der Waals surface area contributed by atoms with Gasteiger partial charge in [0, 0.05) is 12.1 Å². The van der Waals surface area contributed by atoms with Crippen molar-refractivity contribution < 1.29 is 18.7 Å². The summed E-state index contributed by atoms with van der Waals surface area (Å²) < 4.78 is 18.8. The molecule has 0 spiro atoms. The third-order valence-electron chi connectivity index (χ3n) is 4.06. The quantitative estimate of drug-likeness (QED) is 0.878. The summed E-state index contributed by atoms with van der Waals surface area (Å²) in [6.45, 7) is 2.12. The van der Waals surface area contributed by atoms with Crippen molar-refractivity contribution in [3.05, 3.63) is 59.4 Å². The third-order valence-corrected chi connectivity index (χ3v) is 4.06. The smallest absolute Gasteiger partial charge is 0.246 e. The first-order chi connectivity index (χ1) is 12.0. The number of carbonyl (C=O) groups is 2. The van der Waals surface area contributed by atoms with Gasteiger partial charge in [-0.25, -0.2) is 4.39 Å². The molecular formula is C19H19FN2O3. The van der Waals surface area contributed by atoms with E-state index in [1.807, 2.05) is 13.0 Å². The number of rotatable bonds is 5. The summed E-state index contributed by atoms with van der Waals surface area (Å²) in [4.78, 5) is 23.3. The lowest BCUT2D eigenvalue weighted by atomic mass is 10.1. The molecule has 1 heterocycles. The number of benzene rings is 2. The number of amides is 2. The van der Waals surface area contributed by atoms with E-state index in [4.69, 9.17) is 4.74 Å². The number of hydrogen-bond donors (Lipinski definition) is 2. The number of hydrogen-bond acceptors (Lipinski definition) is 3. The fourth-order valence-electron chi connectivity index (χ4n) is 2.69. The first-order valence-electron chi connectivity index (χ1n) is 8.09. The summed E-state index contributed by atoms with van der Waals surface area (Å²) in [6, 6.07) is 11.1. The molecule has 2 N–H and O–H groups in total. The molecule has 0 radical (unpaired) electrons. The second-order valence-corrected chi connectivity index (χ2v) is 6.04. The van der Waals surface area contributed by atoms with Gasteiger partial charge in [0.1, 0.15) is 24.2 Å². The Hall–Kier alpha value is -2.89. The number of carbonyl (C=O) groups excluding carboxylic acids is 2. The Kier molecular flexibility index (Phi) is 4.97. The highest BCUT2D eigenvalue weighted by molar-refractivity contribution is 5.99. The average Bonchev–Trinajstić information content (AvgIpc) is 3.02. The molecule has 0 aromatic heterocycles. The van der Waals surface area contributed by atoms with Crippen LogP contribution in [0.15, 0.2) is 42.5 Å². The second kappa shape index (κ2) is 7.34. The first-order valence-corrected chi connectivity index (χ1v) is 8.09. The Bertz CT molecular complexity index is 807. The molecule has 2 aromatic rings. The average molecular weight is 342 g/mol. The van der Waals surface area contributed by atoms with Crippen LogP contribution in [0.3, 0.4) is 0 Å². The SMILES string of the molecule is Cc1cc(OCc2cccc(F)c2)ccc1NC(=O)C1CCC(=O)N1. The fraction of sp³-hybridized carbons (Fsp3) is 0.263. The maximum Gasteiger partial charge on any atom is 0.246 e. The molecule has 1 aliphatic heterocycles. The van der Waals surface area contributed by atoms with Gasteiger partial charge in [-0.05, 0) is 54.8 Å². The Morgan fingerprint density at radius 3 is 2.84 bits per heavy atom. The number of aryl methyl sites for hydroxylation is 1. The topological polar surface area (TPSA) is 67.4 Å². The maximum atomic E-state index is 13.2. The minimum absolute atomic E-state index is 0.0991. The van der Waals surface area contributed by atoms with Crippen molar-refractivity contribution in [3.63, 3.8) is 0 Å². The largest absolute Gasteiger partial charge is 0.489 e. The van der Waals surface area contributed by atoms with Crippen LogP contribution >= 0.6 is 0 Å². The number of ether oxygens (including phenoxy) is 1. The molecule has 0 bridgehead atoms. The normalized spacial score (nSPS) is 16.4. The molecule has 1 unspecified atom stereocenters. The summed E-state index contributed by atoms with van der Waals surface area (Å²) in [6.07, 6.45) is 0.891. The van der Waals surface area contributed by atoms with Crippen molar-refractivity contribution in [1.29, 1.82) is 0 Å². The molecule has 2 amide bonds. The van der Waals surface area contributed by atoms with E-state index < -0.39 is 6.04 Å². The van der Waals surface area contributed by atoms with Gasteiger partial charge in [-0.2, -0.15) is 0 Å². The highest BCUT2D eigenvalue weighted by atomic mass is 19.1. The fourth-order valence-corrected chi connectivity index (χ4v) is 2.69. The van der Waals surface area contributed by atoms with Crippen LogP contribution in [0, 0.1) is 12.7 Å². The standard InChI is InChI=1S/C19H19FN2O3/c1-12-9-15(25-11-13-3-2-4-14(20)10-13)5-6-16(12)22-19(24)17-7-8-18(23)21-17/h2-6,9-10,17H,7-8,11H2,1H3,(H,21,23)(H,22,24). The van der Waals surface area contributed by atoms with E-state index in [0.717, 1.165) is 11.1 Å². The van der Waals surface area contributed by atoms with Crippen LogP contribution in [0.5, 0.6) is 5.75 Å². The molecule has 1 atom stereocenters. The summed E-state index contributed by atoms with van der Waals surface area (Å²) in [5, 5.41) is 5.46. The zero-order valence-corrected chi connectivity index (χ0v) is 13.8. The van der Waals surface area contributed by atoms with Gasteiger partial charge in [0.25, 0.3) is 0 Å². The van der Waals surface area contributed by atoms with E-state index in [9.17, 15) is 14.0 Å². The van der Waals surface area contributed by atoms with Crippen LogP contribution in [0.25, 0.3) is 0 Å². The van der Waals surface area contributed by atoms with E-state index in [0.29, 0.717) is 24.3 Å². The third kappa shape index (κ3) is 4.35. The van der Waals surface area contributed by atoms with Gasteiger partial charge >= 0.3 is 0 Å². The van der Waals surface area contributed by atoms with Crippen molar-refractivity contribution in [1.82, 2.24) is 5.32 Å². The molecule has 25 heavy (non-hydrogen) atoms. The van der Waals surface area contributed by atoms with E-state index in [-0.39, 0.29) is 24.2 Å². The van der Waals surface area contributed by atoms with Gasteiger partial charge in [-0.1, -0.05) is 12.1 Å². The molecule has 5 nitrogen and oxygen atoms in total. The van der Waals surface area contributed by atoms with Gasteiger partial charge < -0.3 is 15.4 Å². The van der Waals surface area contributed by atoms with Gasteiger partial charge in [0.15, 0.2) is 0 Å². The first kappa shape index (κ1) is 17.0. The van der Waals surface area contributed by atoms with Crippen LogP contribution in [-0.2, 0) is 16.2 Å². The van der Waals surface area contributed by atoms with Crippen molar-refractivity contribution >= 4 is 17.5 Å². The van der Waals surface area contributed by atoms with Crippen molar-refractivity contribution in [2.24, 2.45) is 0 Å². The van der Waals surface area contributed by atoms with Crippen LogP contribution < -0.4 is 15.4 Å². The van der Waals surface area contributed by atoms with Crippen LogP contribution in [0.2, 0.25) is 0 Å². The van der Waals surface area contributed by atoms with E-state index in [1.165, 1.54) is 12.1 Å². The van der Waals surface area contributed by atoms with Crippen molar-refractivity contribution in [2.45, 2.75) is 32.4 Å². The Labute approximate surface area is 145 Å². The molecule has 3 rings (SSSR count). The second-order valence-electron chi connectivity index (χ2n) is 6.04. The Morgan fingerprint density at radius 2 is 2.16 bits per heavy atom. The maximum absolute atomic E-state index is 13.2. The van der Waals surface area contributed by atoms with Crippen LogP contribution in [0.1, 0.15) is 24.0 Å². The zero-order valence-electron chi connectivity index (χ0n) is 13.8. The minimum atomic E-state index is -0.476. The lowest BCUT2D eigenvalue weighted by Crippen LogP contribution is -2.37. The molecule has 2 aromatic carbocycles. The highest BCUT2D eigenvalue weighted by Gasteiger charge is 2.27. The van der Waals surface area contributed by atoms with Crippen LogP contribution in [0.4, 0.5) is 10.1 Å². The summed E-state index contributed by atoms with van der Waals surface area (Å²) >= 11 is 0. The highest BCUT2D eigenvalue weighted by Crippen LogP contribution is 2.23. The molecule has 0 aliphatic carbocycles. The molecule has 130 valence electrons. The summed E-state index contributed by atoms with van der Waals surface area (Å²) in [5.74, 6) is 0.0172. The molecule has 1 aliphatic rings. The molecular weight excluding hydrogens is 323 g/mol. The minimum Gasteiger partial charge on any atom is -0.489 e. The summed E-state index contributed by atoms with van der Waals surface area (Å²) in [7, 11) is 0. The predicted octanol–water partition coefficient (Wildman–Crippen LogP) is 2.93. The van der Waals surface area contributed by atoms with Gasteiger partial charge in [-0.15, -0.1) is 0 Å². The van der Waals surface area contributed by atoms with Crippen molar-refractivity contribution in [2.75, 3.05) is 5.32 Å². The number of anilines is 1. The lowest BCUT2D eigenvalue weighted by Gasteiger charge is -2.14. The zero-order chi connectivity index (χ0) is 17.8. The predicted molar refractivity (Wildman–Crippen MR) is 91.7 cm³/mol. The summed E-state index contributed by atoms with van der Waals surface area (Å²) in [5.41, 5.74) is 2.26. The Balaban J connectivity index is 1.60. The lowest BCUT2D eigenvalue weighted by molar-refractivity contribution is -0.122. The van der Waals surface area contributed by atoms with E-state index >= 15 is 0 Å². The van der Waals surface area contributed by atoms with Gasteiger partial charge in [0.05, 0.1) is 0 Å². The van der Waals surface area contributed by atoms with Gasteiger partial charge in [0.2, 0.25) is 11.8 Å². The van der Waals surface area contributed by atoms with E-state index in [1.54, 1.807) is 24.3 Å². The molecule has 1 fully saturated rings.